The molecule has 0 saturated carbocycles. The fraction of sp³-hybridized carbons (Fsp3) is 0.235. The molecule has 2 aromatic rings. The van der Waals surface area contributed by atoms with Crippen LogP contribution in [0.15, 0.2) is 47.4 Å². The average molecular weight is 383 g/mol. The van der Waals surface area contributed by atoms with Gasteiger partial charge in [-0.05, 0) is 30.3 Å². The van der Waals surface area contributed by atoms with Gasteiger partial charge in [0.05, 0.1) is 31.6 Å². The lowest BCUT2D eigenvalue weighted by molar-refractivity contribution is -0.137. The van der Waals surface area contributed by atoms with Crippen molar-refractivity contribution in [3.05, 3.63) is 53.8 Å². The highest BCUT2D eigenvalue weighted by Crippen LogP contribution is 2.36. The van der Waals surface area contributed by atoms with Crippen molar-refractivity contribution in [3.63, 3.8) is 0 Å². The molecule has 0 fully saturated rings. The molecular formula is C17H18FNO6S. The van der Waals surface area contributed by atoms with E-state index in [1.54, 1.807) is 18.2 Å². The Kier molecular flexibility index (Phi) is 6.17. The van der Waals surface area contributed by atoms with Gasteiger partial charge in [-0.1, -0.05) is 12.1 Å². The number of benzene rings is 2. The van der Waals surface area contributed by atoms with Gasteiger partial charge in [0.25, 0.3) is 0 Å². The van der Waals surface area contributed by atoms with Crippen molar-refractivity contribution in [1.29, 1.82) is 0 Å². The molecule has 0 heterocycles. The van der Waals surface area contributed by atoms with Crippen LogP contribution in [0.25, 0.3) is 0 Å². The maximum Gasteiger partial charge on any atom is 0.305 e. The van der Waals surface area contributed by atoms with E-state index in [1.807, 2.05) is 0 Å². The topological polar surface area (TPSA) is 102 Å². The van der Waals surface area contributed by atoms with Gasteiger partial charge in [0, 0.05) is 5.56 Å². The zero-order valence-electron chi connectivity index (χ0n) is 14.1. The van der Waals surface area contributed by atoms with Crippen molar-refractivity contribution in [3.8, 4) is 11.5 Å². The first-order chi connectivity index (χ1) is 12.3. The van der Waals surface area contributed by atoms with Crippen LogP contribution < -0.4 is 14.2 Å². The number of methoxy groups -OCH3 is 2. The summed E-state index contributed by atoms with van der Waals surface area (Å²) in [5.74, 6) is -1.23. The van der Waals surface area contributed by atoms with E-state index in [4.69, 9.17) is 9.47 Å². The highest BCUT2D eigenvalue weighted by Gasteiger charge is 2.27. The predicted octanol–water partition coefficient (Wildman–Crippen LogP) is 2.34. The van der Waals surface area contributed by atoms with E-state index in [0.29, 0.717) is 11.3 Å². The molecule has 1 atom stereocenters. The summed E-state index contributed by atoms with van der Waals surface area (Å²) in [4.78, 5) is 11.1. The van der Waals surface area contributed by atoms with Gasteiger partial charge in [-0.15, -0.1) is 0 Å². The lowest BCUT2D eigenvalue weighted by Crippen LogP contribution is -2.30. The molecule has 0 aromatic heterocycles. The third-order valence-electron chi connectivity index (χ3n) is 3.61. The number of carbonyl (C=O) groups is 1. The molecule has 0 radical (unpaired) electrons. The van der Waals surface area contributed by atoms with Crippen LogP contribution in [0, 0.1) is 5.82 Å². The van der Waals surface area contributed by atoms with E-state index < -0.39 is 34.3 Å². The molecule has 140 valence electrons. The van der Waals surface area contributed by atoms with Crippen molar-refractivity contribution < 1.29 is 32.2 Å². The molecule has 26 heavy (non-hydrogen) atoms. The number of carboxylic acids is 1. The fourth-order valence-corrected chi connectivity index (χ4v) is 3.66. The van der Waals surface area contributed by atoms with Crippen molar-refractivity contribution in [2.75, 3.05) is 14.2 Å². The molecule has 0 aliphatic rings. The van der Waals surface area contributed by atoms with Crippen molar-refractivity contribution in [2.45, 2.75) is 17.4 Å². The van der Waals surface area contributed by atoms with E-state index in [9.17, 15) is 22.7 Å². The summed E-state index contributed by atoms with van der Waals surface area (Å²) in [6.45, 7) is 0. The molecule has 2 aromatic carbocycles. The molecule has 0 spiro atoms. The van der Waals surface area contributed by atoms with Crippen LogP contribution in [-0.2, 0) is 14.8 Å². The highest BCUT2D eigenvalue weighted by molar-refractivity contribution is 7.89. The number of hydrogen-bond acceptors (Lipinski definition) is 5. The second-order valence-corrected chi connectivity index (χ2v) is 7.02. The first-order valence-corrected chi connectivity index (χ1v) is 8.97. The van der Waals surface area contributed by atoms with Crippen LogP contribution in [-0.4, -0.2) is 33.7 Å². The minimum absolute atomic E-state index is 0.184. The minimum atomic E-state index is -4.09. The minimum Gasteiger partial charge on any atom is -0.493 e. The number of halogens is 1. The van der Waals surface area contributed by atoms with E-state index in [1.165, 1.54) is 14.2 Å². The fourth-order valence-electron chi connectivity index (χ4n) is 2.45. The summed E-state index contributed by atoms with van der Waals surface area (Å²) >= 11 is 0. The summed E-state index contributed by atoms with van der Waals surface area (Å²) in [7, 11) is -1.31. The van der Waals surface area contributed by atoms with E-state index in [-0.39, 0.29) is 10.6 Å². The van der Waals surface area contributed by atoms with Crippen molar-refractivity contribution >= 4 is 16.0 Å². The van der Waals surface area contributed by atoms with Crippen LogP contribution in [0.2, 0.25) is 0 Å². The third-order valence-corrected chi connectivity index (χ3v) is 5.10. The molecule has 2 rings (SSSR count). The smallest absolute Gasteiger partial charge is 0.305 e. The van der Waals surface area contributed by atoms with E-state index >= 15 is 0 Å². The Labute approximate surface area is 150 Å². The number of aliphatic carboxylic acids is 1. The molecular weight excluding hydrogens is 365 g/mol. The highest BCUT2D eigenvalue weighted by atomic mass is 32.2. The number of hydrogen-bond donors (Lipinski definition) is 2. The third kappa shape index (κ3) is 4.50. The first kappa shape index (κ1) is 19.7. The molecule has 0 saturated heterocycles. The van der Waals surface area contributed by atoms with Gasteiger partial charge in [0.15, 0.2) is 11.5 Å². The zero-order valence-corrected chi connectivity index (χ0v) is 14.9. The van der Waals surface area contributed by atoms with Gasteiger partial charge in [-0.3, -0.25) is 4.79 Å². The molecule has 0 unspecified atom stereocenters. The van der Waals surface area contributed by atoms with Gasteiger partial charge in [-0.25, -0.2) is 17.5 Å². The Morgan fingerprint density at radius 2 is 1.81 bits per heavy atom. The van der Waals surface area contributed by atoms with E-state index in [0.717, 1.165) is 24.3 Å². The Hall–Kier alpha value is -2.65. The Morgan fingerprint density at radius 1 is 1.15 bits per heavy atom. The number of carboxylic acid groups (broad SMARTS) is 1. The largest absolute Gasteiger partial charge is 0.493 e. The molecule has 7 nitrogen and oxygen atoms in total. The molecule has 0 aliphatic carbocycles. The number of rotatable bonds is 8. The molecule has 2 N–H and O–H groups in total. The maximum absolute atomic E-state index is 13.0. The van der Waals surface area contributed by atoms with Gasteiger partial charge in [-0.2, -0.15) is 0 Å². The van der Waals surface area contributed by atoms with Crippen LogP contribution in [0.1, 0.15) is 18.0 Å². The molecule has 9 heteroatoms. The molecule has 0 bridgehead atoms. The lowest BCUT2D eigenvalue weighted by atomic mass is 10.0. The zero-order chi connectivity index (χ0) is 19.3. The summed E-state index contributed by atoms with van der Waals surface area (Å²) < 4.78 is 50.9. The Morgan fingerprint density at radius 3 is 2.35 bits per heavy atom. The SMILES string of the molecule is COc1cccc([C@H](CC(=O)O)NS(=O)(=O)c2ccc(F)cc2)c1OC. The first-order valence-electron chi connectivity index (χ1n) is 7.49. The summed E-state index contributed by atoms with van der Waals surface area (Å²) in [6.07, 6.45) is -0.524. The standard InChI is InChI=1S/C17H18FNO6S/c1-24-15-5-3-4-13(17(15)25-2)14(10-16(20)21)19-26(22,23)12-8-6-11(18)7-9-12/h3-9,14,19H,10H2,1-2H3,(H,20,21)/t14-/m0/s1. The quantitative estimate of drug-likeness (QED) is 0.725. The van der Waals surface area contributed by atoms with E-state index in [2.05, 4.69) is 4.72 Å². The lowest BCUT2D eigenvalue weighted by Gasteiger charge is -2.21. The van der Waals surface area contributed by atoms with Gasteiger partial charge in [0.2, 0.25) is 10.0 Å². The number of sulfonamides is 1. The average Bonchev–Trinajstić information content (AvgIpc) is 2.60. The monoisotopic (exact) mass is 383 g/mol. The van der Waals surface area contributed by atoms with Gasteiger partial charge < -0.3 is 14.6 Å². The normalized spacial score (nSPS) is 12.4. The number of para-hydroxylation sites is 1. The number of ether oxygens (including phenoxy) is 2. The molecule has 0 amide bonds. The predicted molar refractivity (Wildman–Crippen MR) is 91.3 cm³/mol. The second kappa shape index (κ2) is 8.15. The van der Waals surface area contributed by atoms with Crippen molar-refractivity contribution in [2.24, 2.45) is 0 Å². The van der Waals surface area contributed by atoms with Crippen LogP contribution >= 0.6 is 0 Å². The van der Waals surface area contributed by atoms with Crippen molar-refractivity contribution in [1.82, 2.24) is 4.72 Å². The van der Waals surface area contributed by atoms with Gasteiger partial charge >= 0.3 is 5.97 Å². The second-order valence-electron chi connectivity index (χ2n) is 5.31. The van der Waals surface area contributed by atoms with Crippen LogP contribution in [0.3, 0.4) is 0 Å². The Balaban J connectivity index is 2.46. The summed E-state index contributed by atoms with van der Waals surface area (Å²) in [5, 5.41) is 9.18. The maximum atomic E-state index is 13.0. The number of nitrogens with one attached hydrogen (secondary N) is 1. The molecule has 0 aliphatic heterocycles. The summed E-state index contributed by atoms with van der Waals surface area (Å²) in [5.41, 5.74) is 0.305. The van der Waals surface area contributed by atoms with Crippen LogP contribution in [0.5, 0.6) is 11.5 Å². The van der Waals surface area contributed by atoms with Gasteiger partial charge in [0.1, 0.15) is 5.82 Å². The summed E-state index contributed by atoms with van der Waals surface area (Å²) in [6, 6.07) is 7.83. The van der Waals surface area contributed by atoms with Crippen LogP contribution in [0.4, 0.5) is 4.39 Å². The Bertz CT molecular complexity index is 883.